The van der Waals surface area contributed by atoms with Crippen molar-refractivity contribution in [1.29, 1.82) is 0 Å². The first kappa shape index (κ1) is 14.0. The molecule has 8 nitrogen and oxygen atoms in total. The van der Waals surface area contributed by atoms with Crippen LogP contribution in [-0.4, -0.2) is 45.3 Å². The molecule has 8 heteroatoms. The Morgan fingerprint density at radius 3 is 2.85 bits per heavy atom. The number of aromatic nitrogens is 3. The van der Waals surface area contributed by atoms with Crippen LogP contribution in [-0.2, 0) is 9.59 Å². The molecule has 1 unspecified atom stereocenters. The van der Waals surface area contributed by atoms with E-state index in [0.29, 0.717) is 11.5 Å². The minimum Gasteiger partial charge on any atom is -0.481 e. The van der Waals surface area contributed by atoms with E-state index in [-0.39, 0.29) is 24.9 Å². The van der Waals surface area contributed by atoms with Gasteiger partial charge in [-0.25, -0.2) is 4.68 Å². The van der Waals surface area contributed by atoms with Crippen molar-refractivity contribution < 1.29 is 14.7 Å². The third-order valence-corrected chi connectivity index (χ3v) is 3.40. The number of carboxylic acids is 1. The van der Waals surface area contributed by atoms with Crippen LogP contribution < -0.4 is 10.2 Å². The highest BCUT2D eigenvalue weighted by molar-refractivity contribution is 5.96. The fourth-order valence-electron chi connectivity index (χ4n) is 2.24. The van der Waals surface area contributed by atoms with Gasteiger partial charge in [-0.1, -0.05) is 0 Å². The number of anilines is 1. The fourth-order valence-corrected chi connectivity index (χ4v) is 2.24. The number of hydrogen-bond donors (Lipinski definition) is 2. The monoisotopic (exact) mass is 279 g/mol. The minimum absolute atomic E-state index is 0.100. The molecule has 0 fully saturated rings. The van der Waals surface area contributed by atoms with Gasteiger partial charge in [0, 0.05) is 19.3 Å². The number of amides is 1. The summed E-state index contributed by atoms with van der Waals surface area (Å²) in [5.74, 6) is -0.537. The summed E-state index contributed by atoms with van der Waals surface area (Å²) < 4.78 is 1.67. The largest absolute Gasteiger partial charge is 0.481 e. The number of rotatable bonds is 4. The molecule has 0 aliphatic carbocycles. The molecular formula is C12H17N5O3. The molecule has 1 aromatic rings. The predicted octanol–water partition coefficient (Wildman–Crippen LogP) is 0.154. The van der Waals surface area contributed by atoms with Gasteiger partial charge in [-0.2, -0.15) is 10.1 Å². The van der Waals surface area contributed by atoms with Gasteiger partial charge in [0.15, 0.2) is 0 Å². The van der Waals surface area contributed by atoms with E-state index in [2.05, 4.69) is 15.4 Å². The van der Waals surface area contributed by atoms with Crippen LogP contribution in [0.15, 0.2) is 17.6 Å². The number of nitrogens with one attached hydrogen (secondary N) is 1. The number of aliphatic carboxylic acids is 1. The molecule has 1 aromatic heterocycles. The molecule has 2 N–H and O–H groups in total. The third-order valence-electron chi connectivity index (χ3n) is 3.40. The van der Waals surface area contributed by atoms with Crippen molar-refractivity contribution in [2.45, 2.75) is 26.3 Å². The molecule has 0 saturated heterocycles. The Morgan fingerprint density at radius 1 is 1.50 bits per heavy atom. The normalized spacial score (nSPS) is 17.9. The lowest BCUT2D eigenvalue weighted by atomic mass is 10.0. The summed E-state index contributed by atoms with van der Waals surface area (Å²) in [6.07, 6.45) is 1.34. The summed E-state index contributed by atoms with van der Waals surface area (Å²) in [6.45, 7) is 3.80. The van der Waals surface area contributed by atoms with Crippen LogP contribution in [0.3, 0.4) is 0 Å². The van der Waals surface area contributed by atoms with Gasteiger partial charge in [0.25, 0.3) is 5.91 Å². The van der Waals surface area contributed by atoms with Crippen LogP contribution in [0.2, 0.25) is 0 Å². The lowest BCUT2D eigenvalue weighted by Crippen LogP contribution is -2.37. The molecule has 1 amide bonds. The minimum atomic E-state index is -0.941. The summed E-state index contributed by atoms with van der Waals surface area (Å²) in [7, 11) is 1.81. The predicted molar refractivity (Wildman–Crippen MR) is 71.1 cm³/mol. The Bertz CT molecular complexity index is 577. The second kappa shape index (κ2) is 5.32. The molecule has 0 bridgehead atoms. The number of carboxylic acid groups (broad SMARTS) is 1. The maximum atomic E-state index is 12.2. The quantitative estimate of drug-likeness (QED) is 0.814. The summed E-state index contributed by atoms with van der Waals surface area (Å²) in [5.41, 5.74) is 1.35. The van der Waals surface area contributed by atoms with E-state index < -0.39 is 5.97 Å². The molecule has 2 rings (SSSR count). The van der Waals surface area contributed by atoms with E-state index in [1.165, 1.54) is 6.33 Å². The number of hydrogen-bond acceptors (Lipinski definition) is 5. The number of nitrogens with zero attached hydrogens (tertiary/aromatic N) is 4. The van der Waals surface area contributed by atoms with Gasteiger partial charge < -0.3 is 15.3 Å². The Kier molecular flexibility index (Phi) is 3.73. The number of allylic oxidation sites excluding steroid dienone is 1. The summed E-state index contributed by atoms with van der Waals surface area (Å²) in [5, 5.41) is 15.3. The summed E-state index contributed by atoms with van der Waals surface area (Å²) >= 11 is 0. The van der Waals surface area contributed by atoms with E-state index in [1.54, 1.807) is 9.58 Å². The Hall–Kier alpha value is -2.38. The van der Waals surface area contributed by atoms with Crippen molar-refractivity contribution in [2.24, 2.45) is 0 Å². The zero-order valence-electron chi connectivity index (χ0n) is 11.6. The number of carbonyl (C=O) groups excluding carboxylic acids is 1. The van der Waals surface area contributed by atoms with Crippen molar-refractivity contribution >= 4 is 17.8 Å². The van der Waals surface area contributed by atoms with Crippen molar-refractivity contribution in [3.05, 3.63) is 17.6 Å². The van der Waals surface area contributed by atoms with E-state index in [0.717, 1.165) is 5.70 Å². The van der Waals surface area contributed by atoms with Crippen molar-refractivity contribution in [3.8, 4) is 0 Å². The highest BCUT2D eigenvalue weighted by atomic mass is 16.4. The average Bonchev–Trinajstić information content (AvgIpc) is 2.85. The zero-order valence-corrected chi connectivity index (χ0v) is 11.6. The van der Waals surface area contributed by atoms with Crippen LogP contribution >= 0.6 is 0 Å². The molecule has 1 aliphatic heterocycles. The van der Waals surface area contributed by atoms with Gasteiger partial charge in [-0.05, 0) is 13.8 Å². The van der Waals surface area contributed by atoms with Gasteiger partial charge in [0.05, 0.1) is 18.0 Å². The van der Waals surface area contributed by atoms with Gasteiger partial charge in [0.2, 0.25) is 5.95 Å². The lowest BCUT2D eigenvalue weighted by molar-refractivity contribution is -0.136. The molecule has 20 heavy (non-hydrogen) atoms. The van der Waals surface area contributed by atoms with Crippen molar-refractivity contribution in [2.75, 3.05) is 18.5 Å². The SMILES string of the molecule is CC1=C(C(=O)NCCC(=O)O)C(C)n2ncnc2N1C. The maximum absolute atomic E-state index is 12.2. The zero-order chi connectivity index (χ0) is 14.9. The van der Waals surface area contributed by atoms with Crippen LogP contribution in [0, 0.1) is 0 Å². The molecular weight excluding hydrogens is 262 g/mol. The van der Waals surface area contributed by atoms with Gasteiger partial charge >= 0.3 is 5.97 Å². The first-order valence-electron chi connectivity index (χ1n) is 6.27. The second-order valence-electron chi connectivity index (χ2n) is 4.64. The molecule has 108 valence electrons. The Balaban J connectivity index is 2.19. The Labute approximate surface area is 116 Å². The average molecular weight is 279 g/mol. The second-order valence-corrected chi connectivity index (χ2v) is 4.64. The van der Waals surface area contributed by atoms with Crippen molar-refractivity contribution in [1.82, 2.24) is 20.1 Å². The Morgan fingerprint density at radius 2 is 2.20 bits per heavy atom. The van der Waals surface area contributed by atoms with E-state index in [1.807, 2.05) is 20.9 Å². The molecule has 1 atom stereocenters. The highest BCUT2D eigenvalue weighted by Crippen LogP contribution is 2.31. The summed E-state index contributed by atoms with van der Waals surface area (Å²) in [4.78, 5) is 28.6. The van der Waals surface area contributed by atoms with Crippen LogP contribution in [0.25, 0.3) is 0 Å². The van der Waals surface area contributed by atoms with Crippen molar-refractivity contribution in [3.63, 3.8) is 0 Å². The van der Waals surface area contributed by atoms with Crippen LogP contribution in [0.1, 0.15) is 26.3 Å². The smallest absolute Gasteiger partial charge is 0.305 e. The van der Waals surface area contributed by atoms with E-state index in [4.69, 9.17) is 5.11 Å². The molecule has 1 aliphatic rings. The number of carbonyl (C=O) groups is 2. The lowest BCUT2D eigenvalue weighted by Gasteiger charge is -2.31. The van der Waals surface area contributed by atoms with E-state index in [9.17, 15) is 9.59 Å². The molecule has 0 aromatic carbocycles. The first-order valence-corrected chi connectivity index (χ1v) is 6.27. The van der Waals surface area contributed by atoms with Gasteiger partial charge in [-0.3, -0.25) is 9.59 Å². The van der Waals surface area contributed by atoms with E-state index >= 15 is 0 Å². The molecule has 0 radical (unpaired) electrons. The van der Waals surface area contributed by atoms with Gasteiger partial charge in [0.1, 0.15) is 6.33 Å². The van der Waals surface area contributed by atoms with Gasteiger partial charge in [-0.15, -0.1) is 0 Å². The molecule has 2 heterocycles. The third kappa shape index (κ3) is 2.36. The standard InChI is InChI=1S/C12H17N5O3/c1-7-10(11(20)13-5-4-9(18)19)8(2)17-12(16(7)3)14-6-15-17/h6,8H,4-5H2,1-3H3,(H,13,20)(H,18,19). The molecule has 0 spiro atoms. The highest BCUT2D eigenvalue weighted by Gasteiger charge is 2.31. The maximum Gasteiger partial charge on any atom is 0.305 e. The fraction of sp³-hybridized carbons (Fsp3) is 0.500. The van der Waals surface area contributed by atoms with Crippen LogP contribution in [0.4, 0.5) is 5.95 Å². The van der Waals surface area contributed by atoms with Crippen LogP contribution in [0.5, 0.6) is 0 Å². The molecule has 0 saturated carbocycles. The number of fused-ring (bicyclic) bond motifs is 1. The first-order chi connectivity index (χ1) is 9.43. The summed E-state index contributed by atoms with van der Waals surface area (Å²) in [6, 6.07) is -0.242. The topological polar surface area (TPSA) is 100 Å².